The first kappa shape index (κ1) is 30.7. The number of thioether (sulfide) groups is 1. The molecule has 10 heteroatoms. The molecule has 3 atom stereocenters. The van der Waals surface area contributed by atoms with Gasteiger partial charge in [-0.2, -0.15) is 11.8 Å². The Labute approximate surface area is 256 Å². The lowest BCUT2D eigenvalue weighted by molar-refractivity contribution is -0.153. The highest BCUT2D eigenvalue weighted by Gasteiger charge is 2.64. The van der Waals surface area contributed by atoms with E-state index in [1.165, 1.54) is 7.11 Å². The molecule has 9 nitrogen and oxygen atoms in total. The van der Waals surface area contributed by atoms with Crippen LogP contribution in [0.4, 0.5) is 0 Å². The maximum atomic E-state index is 14.2. The minimum atomic E-state index is -1.33. The number of aliphatic hydroxyl groups excluding tert-OH is 1. The zero-order valence-corrected chi connectivity index (χ0v) is 25.9. The lowest BCUT2D eigenvalue weighted by Crippen LogP contribution is -2.58. The van der Waals surface area contributed by atoms with E-state index in [1.807, 2.05) is 48.5 Å². The van der Waals surface area contributed by atoms with Gasteiger partial charge < -0.3 is 28.9 Å². The Morgan fingerprint density at radius 1 is 1.05 bits per heavy atom. The van der Waals surface area contributed by atoms with Crippen LogP contribution in [0.5, 0.6) is 5.75 Å². The minimum Gasteiger partial charge on any atom is -0.497 e. The second-order valence-corrected chi connectivity index (χ2v) is 12.5. The van der Waals surface area contributed by atoms with Gasteiger partial charge in [-0.15, -0.1) is 0 Å². The van der Waals surface area contributed by atoms with E-state index in [4.69, 9.17) is 9.47 Å². The molecule has 1 saturated heterocycles. The summed E-state index contributed by atoms with van der Waals surface area (Å²) in [6, 6.07) is 18.5. The largest absolute Gasteiger partial charge is 0.497 e. The molecule has 43 heavy (non-hydrogen) atoms. The average Bonchev–Trinajstić information content (AvgIpc) is 3.66. The number of hydrogen-bond donors (Lipinski definition) is 1. The Morgan fingerprint density at radius 3 is 2.40 bits per heavy atom. The molecule has 0 spiro atoms. The topological polar surface area (TPSA) is 101 Å². The molecule has 1 aliphatic heterocycles. The van der Waals surface area contributed by atoms with Gasteiger partial charge in [0.2, 0.25) is 0 Å². The number of methoxy groups -OCH3 is 2. The molecule has 228 valence electrons. The molecule has 0 radical (unpaired) electrons. The molecule has 5 rings (SSSR count). The van der Waals surface area contributed by atoms with Crippen LogP contribution in [-0.4, -0.2) is 95.8 Å². The molecule has 2 amide bonds. The van der Waals surface area contributed by atoms with Gasteiger partial charge in [0.1, 0.15) is 11.4 Å². The number of aromatic nitrogens is 1. The number of carbonyl (C=O) groups is 3. The summed E-state index contributed by atoms with van der Waals surface area (Å²) in [6.07, 6.45) is 0.878. The van der Waals surface area contributed by atoms with Crippen LogP contribution in [0.3, 0.4) is 0 Å². The Hall–Kier alpha value is -3.76. The molecule has 2 aromatic carbocycles. The quantitative estimate of drug-likeness (QED) is 0.264. The normalized spacial score (nSPS) is 20.4. The second kappa shape index (κ2) is 12.9. The number of ether oxygens (including phenoxy) is 2. The first-order valence-corrected chi connectivity index (χ1v) is 15.6. The van der Waals surface area contributed by atoms with E-state index in [0.29, 0.717) is 42.3 Å². The molecule has 2 aliphatic rings. The van der Waals surface area contributed by atoms with Crippen LogP contribution in [0.2, 0.25) is 0 Å². The van der Waals surface area contributed by atoms with E-state index in [9.17, 15) is 19.5 Å². The molecule has 3 aromatic rings. The molecule has 0 saturated carbocycles. The SMILES string of the molecule is COC(=O)[C@@]1(Cc2ccc(OC)cc2)C2c3cc(C(=O)N(C)C)n(CCSCCO)c3CC2CN1C(=O)c1ccccc1. The van der Waals surface area contributed by atoms with Crippen LogP contribution in [-0.2, 0) is 28.9 Å². The maximum absolute atomic E-state index is 14.2. The van der Waals surface area contributed by atoms with E-state index in [0.717, 1.165) is 22.6 Å². The zero-order valence-electron chi connectivity index (χ0n) is 25.1. The summed E-state index contributed by atoms with van der Waals surface area (Å²) < 4.78 is 13.0. The van der Waals surface area contributed by atoms with Crippen molar-refractivity contribution in [1.82, 2.24) is 14.4 Å². The van der Waals surface area contributed by atoms with Gasteiger partial charge in [-0.05, 0) is 53.8 Å². The molecule has 0 bridgehead atoms. The molecule has 1 N–H and O–H groups in total. The van der Waals surface area contributed by atoms with E-state index in [1.54, 1.807) is 54.9 Å². The van der Waals surface area contributed by atoms with Crippen LogP contribution in [0, 0.1) is 5.92 Å². The van der Waals surface area contributed by atoms with E-state index in [-0.39, 0.29) is 36.7 Å². The van der Waals surface area contributed by atoms with Crippen molar-refractivity contribution < 1.29 is 29.0 Å². The Bertz CT molecular complexity index is 1470. The lowest BCUT2D eigenvalue weighted by atomic mass is 9.75. The first-order valence-electron chi connectivity index (χ1n) is 14.5. The average molecular weight is 606 g/mol. The molecular formula is C33H39N3O6S. The molecule has 1 fully saturated rings. The van der Waals surface area contributed by atoms with Gasteiger partial charge in [-0.25, -0.2) is 4.79 Å². The van der Waals surface area contributed by atoms with Gasteiger partial charge in [0.05, 0.1) is 20.8 Å². The number of rotatable bonds is 11. The fourth-order valence-corrected chi connectivity index (χ4v) is 7.49. The fourth-order valence-electron chi connectivity index (χ4n) is 6.84. The minimum absolute atomic E-state index is 0.0325. The number of fused-ring (bicyclic) bond motifs is 3. The van der Waals surface area contributed by atoms with Gasteiger partial charge in [0.15, 0.2) is 5.54 Å². The molecule has 1 aromatic heterocycles. The summed E-state index contributed by atoms with van der Waals surface area (Å²) in [5.41, 5.74) is 2.56. The molecular weight excluding hydrogens is 566 g/mol. The number of hydrogen-bond acceptors (Lipinski definition) is 7. The van der Waals surface area contributed by atoms with Gasteiger partial charge >= 0.3 is 5.97 Å². The number of benzene rings is 2. The molecule has 1 aliphatic carbocycles. The van der Waals surface area contributed by atoms with Gasteiger partial charge in [-0.1, -0.05) is 30.3 Å². The summed E-state index contributed by atoms with van der Waals surface area (Å²) in [5.74, 6) is 0.835. The molecule has 2 heterocycles. The first-order chi connectivity index (χ1) is 20.8. The van der Waals surface area contributed by atoms with Crippen LogP contribution < -0.4 is 4.74 Å². The van der Waals surface area contributed by atoms with Crippen molar-refractivity contribution in [2.45, 2.75) is 30.8 Å². The van der Waals surface area contributed by atoms with Crippen molar-refractivity contribution in [3.8, 4) is 5.75 Å². The summed E-state index contributed by atoms with van der Waals surface area (Å²) in [4.78, 5) is 45.1. The number of esters is 1. The predicted octanol–water partition coefficient (Wildman–Crippen LogP) is 3.49. The van der Waals surface area contributed by atoms with Crippen molar-refractivity contribution in [2.24, 2.45) is 5.92 Å². The molecule has 2 unspecified atom stereocenters. The standard InChI is InChI=1S/C33H39N3O6S/c1-34(2)31(39)28-19-26-27(35(28)14-16-43-17-15-37)18-24-21-36(30(38)23-8-6-5-7-9-23)33(29(24)26,32(40)42-4)20-22-10-12-25(41-3)13-11-22/h5-13,19,24,29,37H,14-18,20-21H2,1-4H3/t24?,29?,33-/m1/s1. The number of nitrogens with zero attached hydrogens (tertiary/aromatic N) is 3. The van der Waals surface area contributed by atoms with Gasteiger partial charge in [0.25, 0.3) is 11.8 Å². The van der Waals surface area contributed by atoms with Gasteiger partial charge in [0, 0.05) is 62.3 Å². The summed E-state index contributed by atoms with van der Waals surface area (Å²) in [6.45, 7) is 1.08. The van der Waals surface area contributed by atoms with E-state index in [2.05, 4.69) is 4.57 Å². The lowest BCUT2D eigenvalue weighted by Gasteiger charge is -2.40. The Kier molecular flexibility index (Phi) is 9.17. The van der Waals surface area contributed by atoms with Gasteiger partial charge in [-0.3, -0.25) is 9.59 Å². The summed E-state index contributed by atoms with van der Waals surface area (Å²) in [5, 5.41) is 9.27. The highest BCUT2D eigenvalue weighted by Crippen LogP contribution is 2.55. The third kappa shape index (κ3) is 5.54. The highest BCUT2D eigenvalue weighted by atomic mass is 32.2. The third-order valence-corrected chi connectivity index (χ3v) is 9.62. The number of amides is 2. The van der Waals surface area contributed by atoms with Crippen molar-refractivity contribution in [2.75, 3.05) is 53.0 Å². The number of carbonyl (C=O) groups excluding carboxylic acids is 3. The Balaban J connectivity index is 1.66. The summed E-state index contributed by atoms with van der Waals surface area (Å²) >= 11 is 1.63. The monoisotopic (exact) mass is 605 g/mol. The highest BCUT2D eigenvalue weighted by molar-refractivity contribution is 7.99. The van der Waals surface area contributed by atoms with Crippen LogP contribution in [0.1, 0.15) is 43.6 Å². The van der Waals surface area contributed by atoms with Crippen LogP contribution in [0.25, 0.3) is 0 Å². The van der Waals surface area contributed by atoms with Crippen molar-refractivity contribution in [3.63, 3.8) is 0 Å². The van der Waals surface area contributed by atoms with Crippen LogP contribution >= 0.6 is 11.8 Å². The maximum Gasteiger partial charge on any atom is 0.332 e. The van der Waals surface area contributed by atoms with Crippen LogP contribution in [0.15, 0.2) is 60.7 Å². The number of aliphatic hydroxyl groups is 1. The smallest absolute Gasteiger partial charge is 0.332 e. The Morgan fingerprint density at radius 2 is 1.77 bits per heavy atom. The van der Waals surface area contributed by atoms with Crippen molar-refractivity contribution in [3.05, 3.63) is 88.7 Å². The fraction of sp³-hybridized carbons (Fsp3) is 0.424. The third-order valence-electron chi connectivity index (χ3n) is 8.67. The summed E-state index contributed by atoms with van der Waals surface area (Å²) in [7, 11) is 6.43. The predicted molar refractivity (Wildman–Crippen MR) is 166 cm³/mol. The number of likely N-dealkylation sites (tertiary alicyclic amines) is 1. The van der Waals surface area contributed by atoms with Crippen molar-refractivity contribution >= 4 is 29.5 Å². The van der Waals surface area contributed by atoms with Crippen molar-refractivity contribution in [1.29, 1.82) is 0 Å². The zero-order chi connectivity index (χ0) is 30.7. The van der Waals surface area contributed by atoms with E-state index >= 15 is 0 Å². The second-order valence-electron chi connectivity index (χ2n) is 11.3. The van der Waals surface area contributed by atoms with E-state index < -0.39 is 11.5 Å².